The van der Waals surface area contributed by atoms with Crippen LogP contribution in [0, 0.1) is 17.4 Å². The van der Waals surface area contributed by atoms with E-state index >= 15 is 0 Å². The number of nitrogens with zero attached hydrogens (tertiary/aromatic N) is 1. The number of halogens is 1. The van der Waals surface area contributed by atoms with Crippen molar-refractivity contribution in [1.29, 1.82) is 0 Å². The Bertz CT molecular complexity index is 738. The second-order valence-electron chi connectivity index (χ2n) is 5.18. The molecule has 0 radical (unpaired) electrons. The molecule has 0 saturated heterocycles. The molecule has 3 nitrogen and oxygen atoms in total. The van der Waals surface area contributed by atoms with Crippen LogP contribution in [0.25, 0.3) is 0 Å². The van der Waals surface area contributed by atoms with E-state index in [-0.39, 0.29) is 0 Å². The summed E-state index contributed by atoms with van der Waals surface area (Å²) < 4.78 is 12.1. The molecule has 0 bridgehead atoms. The van der Waals surface area contributed by atoms with E-state index in [9.17, 15) is 0 Å². The number of rotatable bonds is 6. The smallest absolute Gasteiger partial charge is 0.174 e. The summed E-state index contributed by atoms with van der Waals surface area (Å²) in [6, 6.07) is 10.2. The van der Waals surface area contributed by atoms with Crippen LogP contribution in [-0.4, -0.2) is 19.9 Å². The quantitative estimate of drug-likeness (QED) is 0.363. The fraction of sp³-hybridized carbons (Fsp3) is 0.211. The molecule has 0 atom stereocenters. The third-order valence-corrected chi connectivity index (χ3v) is 4.10. The fourth-order valence-electron chi connectivity index (χ4n) is 2.19. The first-order valence-electron chi connectivity index (χ1n) is 7.27. The molecule has 0 heterocycles. The average Bonchev–Trinajstić information content (AvgIpc) is 2.52. The van der Waals surface area contributed by atoms with Crippen molar-refractivity contribution >= 4 is 34.5 Å². The first kappa shape index (κ1) is 17.5. The van der Waals surface area contributed by atoms with Crippen LogP contribution in [0.15, 0.2) is 48.0 Å². The number of ether oxygens (including phenoxy) is 2. The molecule has 120 valence electrons. The van der Waals surface area contributed by atoms with E-state index in [1.54, 1.807) is 13.2 Å². The van der Waals surface area contributed by atoms with Gasteiger partial charge in [0.25, 0.3) is 0 Å². The Morgan fingerprint density at radius 2 is 2.00 bits per heavy atom. The highest BCUT2D eigenvalue weighted by atomic mass is 127. The van der Waals surface area contributed by atoms with Gasteiger partial charge in [0, 0.05) is 6.21 Å². The van der Waals surface area contributed by atoms with E-state index in [2.05, 4.69) is 60.1 Å². The molecule has 0 saturated carbocycles. The molecule has 0 N–H and O–H groups in total. The molecule has 2 rings (SSSR count). The average molecular weight is 421 g/mol. The van der Waals surface area contributed by atoms with Crippen molar-refractivity contribution in [2.24, 2.45) is 4.99 Å². The zero-order valence-electron chi connectivity index (χ0n) is 13.6. The van der Waals surface area contributed by atoms with Gasteiger partial charge < -0.3 is 9.47 Å². The van der Waals surface area contributed by atoms with Crippen molar-refractivity contribution in [2.75, 3.05) is 13.7 Å². The molecule has 0 aromatic heterocycles. The predicted molar refractivity (Wildman–Crippen MR) is 105 cm³/mol. The lowest BCUT2D eigenvalue weighted by molar-refractivity contribution is 0.324. The third kappa shape index (κ3) is 4.58. The molecule has 0 fully saturated rings. The second-order valence-corrected chi connectivity index (χ2v) is 6.34. The van der Waals surface area contributed by atoms with E-state index in [1.165, 1.54) is 5.56 Å². The SMILES string of the molecule is C=CCOc1c(I)cc(C=Nc2ccc(C)cc2C)cc1OC. The minimum Gasteiger partial charge on any atom is -0.493 e. The minimum absolute atomic E-state index is 0.447. The van der Waals surface area contributed by atoms with Crippen LogP contribution >= 0.6 is 22.6 Å². The summed E-state index contributed by atoms with van der Waals surface area (Å²) in [7, 11) is 1.64. The topological polar surface area (TPSA) is 30.8 Å². The van der Waals surface area contributed by atoms with Crippen LogP contribution in [-0.2, 0) is 0 Å². The summed E-state index contributed by atoms with van der Waals surface area (Å²) in [6.07, 6.45) is 3.56. The lowest BCUT2D eigenvalue weighted by Crippen LogP contribution is -1.99. The first-order valence-corrected chi connectivity index (χ1v) is 8.35. The molecular weight excluding hydrogens is 401 g/mol. The van der Waals surface area contributed by atoms with Gasteiger partial charge in [-0.2, -0.15) is 0 Å². The molecule has 4 heteroatoms. The molecule has 0 aliphatic heterocycles. The van der Waals surface area contributed by atoms with E-state index in [0.717, 1.165) is 26.1 Å². The monoisotopic (exact) mass is 421 g/mol. The summed E-state index contributed by atoms with van der Waals surface area (Å²) >= 11 is 2.24. The lowest BCUT2D eigenvalue weighted by atomic mass is 10.1. The van der Waals surface area contributed by atoms with Crippen molar-refractivity contribution in [2.45, 2.75) is 13.8 Å². The molecule has 2 aromatic carbocycles. The van der Waals surface area contributed by atoms with Gasteiger partial charge in [0.15, 0.2) is 11.5 Å². The van der Waals surface area contributed by atoms with Gasteiger partial charge in [0.2, 0.25) is 0 Å². The van der Waals surface area contributed by atoms with Gasteiger partial charge in [0.05, 0.1) is 16.4 Å². The third-order valence-electron chi connectivity index (χ3n) is 3.30. The molecule has 0 unspecified atom stereocenters. The normalized spacial score (nSPS) is 10.8. The molecule has 2 aromatic rings. The summed E-state index contributed by atoms with van der Waals surface area (Å²) in [5.74, 6) is 1.43. The Labute approximate surface area is 151 Å². The summed E-state index contributed by atoms with van der Waals surface area (Å²) in [5, 5.41) is 0. The fourth-order valence-corrected chi connectivity index (χ4v) is 2.97. The Kier molecular flexibility index (Phi) is 6.21. The number of benzene rings is 2. The maximum atomic E-state index is 5.66. The zero-order chi connectivity index (χ0) is 16.8. The summed E-state index contributed by atoms with van der Waals surface area (Å²) in [6.45, 7) is 8.26. The van der Waals surface area contributed by atoms with Crippen LogP contribution in [0.2, 0.25) is 0 Å². The zero-order valence-corrected chi connectivity index (χ0v) is 15.8. The molecule has 0 spiro atoms. The van der Waals surface area contributed by atoms with Crippen molar-refractivity contribution in [3.63, 3.8) is 0 Å². The highest BCUT2D eigenvalue weighted by Crippen LogP contribution is 2.33. The van der Waals surface area contributed by atoms with Gasteiger partial charge in [-0.3, -0.25) is 4.99 Å². The van der Waals surface area contributed by atoms with Crippen LogP contribution < -0.4 is 9.47 Å². The Balaban J connectivity index is 2.31. The van der Waals surface area contributed by atoms with Gasteiger partial charge in [-0.15, -0.1) is 0 Å². The summed E-state index contributed by atoms with van der Waals surface area (Å²) in [5.41, 5.74) is 4.34. The first-order chi connectivity index (χ1) is 11.0. The summed E-state index contributed by atoms with van der Waals surface area (Å²) in [4.78, 5) is 4.58. The van der Waals surface area contributed by atoms with E-state index in [0.29, 0.717) is 12.4 Å². The van der Waals surface area contributed by atoms with Crippen LogP contribution in [0.3, 0.4) is 0 Å². The predicted octanol–water partition coefficient (Wildman–Crippen LogP) is 5.23. The number of hydrogen-bond donors (Lipinski definition) is 0. The molecule has 0 aliphatic carbocycles. The van der Waals surface area contributed by atoms with Crippen LogP contribution in [0.4, 0.5) is 5.69 Å². The highest BCUT2D eigenvalue weighted by molar-refractivity contribution is 14.1. The van der Waals surface area contributed by atoms with Gasteiger partial charge in [-0.1, -0.05) is 30.4 Å². The number of methoxy groups -OCH3 is 1. The van der Waals surface area contributed by atoms with Crippen LogP contribution in [0.1, 0.15) is 16.7 Å². The van der Waals surface area contributed by atoms with E-state index in [4.69, 9.17) is 9.47 Å². The Hall–Kier alpha value is -1.82. The van der Waals surface area contributed by atoms with Crippen molar-refractivity contribution in [1.82, 2.24) is 0 Å². The van der Waals surface area contributed by atoms with Crippen molar-refractivity contribution in [3.05, 3.63) is 63.2 Å². The van der Waals surface area contributed by atoms with Gasteiger partial charge >= 0.3 is 0 Å². The lowest BCUT2D eigenvalue weighted by Gasteiger charge is -2.12. The van der Waals surface area contributed by atoms with Crippen molar-refractivity contribution in [3.8, 4) is 11.5 Å². The van der Waals surface area contributed by atoms with Crippen molar-refractivity contribution < 1.29 is 9.47 Å². The maximum absolute atomic E-state index is 5.66. The second kappa shape index (κ2) is 8.15. The standard InChI is InChI=1S/C19H20INO2/c1-5-8-23-19-16(20)10-15(11-18(19)22-4)12-21-17-7-6-13(2)9-14(17)3/h5-7,9-12H,1,8H2,2-4H3. The van der Waals surface area contributed by atoms with E-state index < -0.39 is 0 Å². The minimum atomic E-state index is 0.447. The Morgan fingerprint density at radius 3 is 2.65 bits per heavy atom. The number of aliphatic imine (C=N–C) groups is 1. The van der Waals surface area contributed by atoms with Gasteiger partial charge in [0.1, 0.15) is 6.61 Å². The van der Waals surface area contributed by atoms with Gasteiger partial charge in [-0.25, -0.2) is 0 Å². The molecular formula is C19H20INO2. The van der Waals surface area contributed by atoms with E-state index in [1.807, 2.05) is 24.4 Å². The number of hydrogen-bond acceptors (Lipinski definition) is 3. The number of aryl methyl sites for hydroxylation is 2. The molecule has 0 amide bonds. The largest absolute Gasteiger partial charge is 0.493 e. The highest BCUT2D eigenvalue weighted by Gasteiger charge is 2.10. The molecule has 23 heavy (non-hydrogen) atoms. The van der Waals surface area contributed by atoms with Gasteiger partial charge in [-0.05, 0) is 65.8 Å². The van der Waals surface area contributed by atoms with Crippen LogP contribution in [0.5, 0.6) is 11.5 Å². The Morgan fingerprint density at radius 1 is 1.22 bits per heavy atom. The molecule has 0 aliphatic rings. The maximum Gasteiger partial charge on any atom is 0.174 e.